The second-order valence-electron chi connectivity index (χ2n) is 9.01. The number of ether oxygens (including phenoxy) is 1. The van der Waals surface area contributed by atoms with Gasteiger partial charge in [-0.15, -0.1) is 21.5 Å². The molecule has 0 bridgehead atoms. The highest BCUT2D eigenvalue weighted by Gasteiger charge is 2.32. The first-order chi connectivity index (χ1) is 17.8. The number of aryl methyl sites for hydroxylation is 1. The number of benzene rings is 2. The van der Waals surface area contributed by atoms with Crippen molar-refractivity contribution in [3.05, 3.63) is 87.3 Å². The molecule has 5 rings (SSSR count). The lowest BCUT2D eigenvalue weighted by Gasteiger charge is -2.12. The number of hydrogen-bond donors (Lipinski definition) is 1. The van der Waals surface area contributed by atoms with Crippen molar-refractivity contribution in [1.82, 2.24) is 14.8 Å². The normalized spacial score (nSPS) is 14.5. The van der Waals surface area contributed by atoms with E-state index in [4.69, 9.17) is 9.73 Å². The van der Waals surface area contributed by atoms with Crippen molar-refractivity contribution in [2.75, 3.05) is 7.11 Å². The quantitative estimate of drug-likeness (QED) is 0.334. The van der Waals surface area contributed by atoms with Crippen molar-refractivity contribution in [1.29, 1.82) is 0 Å². The molecule has 188 valence electrons. The molecule has 37 heavy (non-hydrogen) atoms. The van der Waals surface area contributed by atoms with Crippen molar-refractivity contribution in [2.45, 2.75) is 39.8 Å². The van der Waals surface area contributed by atoms with Gasteiger partial charge in [-0.3, -0.25) is 19.1 Å². The molecule has 1 atom stereocenters. The Morgan fingerprint density at radius 3 is 2.46 bits per heavy atom. The monoisotopic (exact) mass is 514 g/mol. The molecule has 0 aliphatic carbocycles. The van der Waals surface area contributed by atoms with E-state index in [1.54, 1.807) is 25.4 Å². The van der Waals surface area contributed by atoms with Gasteiger partial charge in [-0.2, -0.15) is 0 Å². The number of rotatable bonds is 7. The van der Waals surface area contributed by atoms with Crippen LogP contribution in [-0.2, 0) is 16.1 Å². The first kappa shape index (κ1) is 24.7. The molecule has 0 saturated carbocycles. The Labute approximate surface area is 218 Å². The summed E-state index contributed by atoms with van der Waals surface area (Å²) in [7, 11) is 1.66. The molecule has 0 unspecified atom stereocenters. The van der Waals surface area contributed by atoms with Gasteiger partial charge >= 0.3 is 5.97 Å². The average molecular weight is 515 g/mol. The summed E-state index contributed by atoms with van der Waals surface area (Å²) in [6, 6.07) is 14.8. The summed E-state index contributed by atoms with van der Waals surface area (Å²) in [6.07, 6.45) is -0.198. The van der Waals surface area contributed by atoms with Crippen LogP contribution >= 0.6 is 11.3 Å². The standard InChI is InChI=1S/C28H26N4O4S/c1-15-23(14-36-4)37-28-25(15)26(29-22(13-24(34)35)27-31-30-17(3)32(27)28)19-10-8-18(9-11-19)21-7-5-6-20(12-21)16(2)33/h5-12,22H,13-14H2,1-4H3,(H,34,35)/t22-/m0/s1. The van der Waals surface area contributed by atoms with Crippen LogP contribution in [-0.4, -0.2) is 44.4 Å². The second kappa shape index (κ2) is 9.84. The maximum absolute atomic E-state index is 11.8. The van der Waals surface area contributed by atoms with Gasteiger partial charge in [0, 0.05) is 28.7 Å². The molecular formula is C28H26N4O4S. The lowest BCUT2D eigenvalue weighted by molar-refractivity contribution is -0.137. The van der Waals surface area contributed by atoms with Crippen LogP contribution in [0.1, 0.15) is 63.0 Å². The minimum atomic E-state index is -0.956. The van der Waals surface area contributed by atoms with E-state index in [-0.39, 0.29) is 12.2 Å². The average Bonchev–Trinajstić information content (AvgIpc) is 3.37. The van der Waals surface area contributed by atoms with E-state index in [2.05, 4.69) is 10.2 Å². The minimum absolute atomic E-state index is 0.0189. The van der Waals surface area contributed by atoms with Gasteiger partial charge in [0.15, 0.2) is 11.6 Å². The molecule has 3 heterocycles. The Bertz CT molecular complexity index is 1550. The molecule has 0 radical (unpaired) electrons. The van der Waals surface area contributed by atoms with E-state index < -0.39 is 12.0 Å². The number of carbonyl (C=O) groups excluding carboxylic acids is 1. The number of carboxylic acid groups (broad SMARTS) is 1. The maximum atomic E-state index is 11.8. The maximum Gasteiger partial charge on any atom is 0.306 e. The molecule has 1 aliphatic rings. The number of Topliss-reactive ketones (excluding diaryl/α,β-unsaturated/α-hetero) is 1. The Morgan fingerprint density at radius 1 is 1.05 bits per heavy atom. The molecule has 2 aromatic heterocycles. The number of aliphatic imine (C=N–C) groups is 1. The zero-order valence-corrected chi connectivity index (χ0v) is 21.8. The van der Waals surface area contributed by atoms with Crippen LogP contribution in [0.5, 0.6) is 0 Å². The summed E-state index contributed by atoms with van der Waals surface area (Å²) in [4.78, 5) is 29.7. The minimum Gasteiger partial charge on any atom is -0.481 e. The Hall–Kier alpha value is -3.95. The fourth-order valence-corrected chi connectivity index (χ4v) is 5.97. The Kier molecular flexibility index (Phi) is 6.57. The highest BCUT2D eigenvalue weighted by atomic mass is 32.1. The third kappa shape index (κ3) is 4.52. The molecule has 2 aromatic carbocycles. The lowest BCUT2D eigenvalue weighted by atomic mass is 9.96. The van der Waals surface area contributed by atoms with E-state index in [9.17, 15) is 14.7 Å². The van der Waals surface area contributed by atoms with Gasteiger partial charge in [0.2, 0.25) is 0 Å². The van der Waals surface area contributed by atoms with E-state index in [0.717, 1.165) is 37.7 Å². The van der Waals surface area contributed by atoms with Crippen LogP contribution in [0.25, 0.3) is 16.1 Å². The molecule has 4 aromatic rings. The zero-order chi connectivity index (χ0) is 26.3. The Balaban J connectivity index is 1.67. The number of aliphatic carboxylic acids is 1. The van der Waals surface area contributed by atoms with Gasteiger partial charge in [0.05, 0.1) is 18.7 Å². The number of fused-ring (bicyclic) bond motifs is 3. The molecule has 0 spiro atoms. The molecule has 0 amide bonds. The summed E-state index contributed by atoms with van der Waals surface area (Å²) >= 11 is 1.58. The number of carboxylic acids is 1. The highest BCUT2D eigenvalue weighted by Crippen LogP contribution is 2.40. The van der Waals surface area contributed by atoms with Crippen LogP contribution in [0.2, 0.25) is 0 Å². The van der Waals surface area contributed by atoms with Crippen molar-refractivity contribution in [2.24, 2.45) is 4.99 Å². The van der Waals surface area contributed by atoms with Gasteiger partial charge in [0.25, 0.3) is 0 Å². The smallest absolute Gasteiger partial charge is 0.306 e. The van der Waals surface area contributed by atoms with Crippen molar-refractivity contribution < 1.29 is 19.4 Å². The van der Waals surface area contributed by atoms with Crippen LogP contribution in [0.4, 0.5) is 0 Å². The van der Waals surface area contributed by atoms with Crippen LogP contribution in [0, 0.1) is 13.8 Å². The largest absolute Gasteiger partial charge is 0.481 e. The summed E-state index contributed by atoms with van der Waals surface area (Å²) in [5.41, 5.74) is 6.12. The highest BCUT2D eigenvalue weighted by molar-refractivity contribution is 7.15. The van der Waals surface area contributed by atoms with Crippen LogP contribution in [0.15, 0.2) is 53.5 Å². The summed E-state index contributed by atoms with van der Waals surface area (Å²) < 4.78 is 7.38. The summed E-state index contributed by atoms with van der Waals surface area (Å²) in [5, 5.41) is 19.1. The van der Waals surface area contributed by atoms with Gasteiger partial charge in [0.1, 0.15) is 16.9 Å². The number of carbonyl (C=O) groups is 2. The molecule has 9 heteroatoms. The topological polar surface area (TPSA) is 107 Å². The first-order valence-electron chi connectivity index (χ1n) is 11.8. The van der Waals surface area contributed by atoms with Crippen LogP contribution < -0.4 is 0 Å². The van der Waals surface area contributed by atoms with Gasteiger partial charge < -0.3 is 9.84 Å². The van der Waals surface area contributed by atoms with E-state index in [0.29, 0.717) is 29.5 Å². The fraction of sp³-hybridized carbons (Fsp3) is 0.250. The van der Waals surface area contributed by atoms with Crippen molar-refractivity contribution in [3.8, 4) is 16.1 Å². The van der Waals surface area contributed by atoms with E-state index in [1.807, 2.05) is 66.9 Å². The van der Waals surface area contributed by atoms with Crippen LogP contribution in [0.3, 0.4) is 0 Å². The molecular weight excluding hydrogens is 488 g/mol. The molecule has 8 nitrogen and oxygen atoms in total. The summed E-state index contributed by atoms with van der Waals surface area (Å²) in [6.45, 7) is 5.91. The summed E-state index contributed by atoms with van der Waals surface area (Å²) in [5.74, 6) is 0.251. The van der Waals surface area contributed by atoms with Gasteiger partial charge in [-0.25, -0.2) is 0 Å². The molecule has 0 fully saturated rings. The molecule has 0 saturated heterocycles. The number of hydrogen-bond acceptors (Lipinski definition) is 7. The van der Waals surface area contributed by atoms with E-state index >= 15 is 0 Å². The van der Waals surface area contributed by atoms with E-state index in [1.165, 1.54) is 0 Å². The Morgan fingerprint density at radius 2 is 1.78 bits per heavy atom. The third-order valence-corrected chi connectivity index (χ3v) is 7.75. The van der Waals surface area contributed by atoms with Gasteiger partial charge in [-0.1, -0.05) is 42.5 Å². The zero-order valence-electron chi connectivity index (χ0n) is 21.0. The SMILES string of the molecule is COCc1sc2c(c1C)C(c1ccc(-c3cccc(C(C)=O)c3)cc1)=N[C@@H](CC(=O)O)c1nnc(C)n1-2. The first-order valence-corrected chi connectivity index (χ1v) is 12.7. The van der Waals surface area contributed by atoms with Gasteiger partial charge in [-0.05, 0) is 43.5 Å². The number of ketones is 1. The number of nitrogens with zero attached hydrogens (tertiary/aromatic N) is 4. The number of aromatic nitrogens is 3. The van der Waals surface area contributed by atoms with Crippen molar-refractivity contribution >= 4 is 28.8 Å². The van der Waals surface area contributed by atoms with Crippen molar-refractivity contribution in [3.63, 3.8) is 0 Å². The molecule has 1 N–H and O–H groups in total. The lowest BCUT2D eigenvalue weighted by Crippen LogP contribution is -2.10. The fourth-order valence-electron chi connectivity index (χ4n) is 4.63. The predicted octanol–water partition coefficient (Wildman–Crippen LogP) is 5.33. The third-order valence-electron chi connectivity index (χ3n) is 6.50. The number of thiophene rings is 1. The molecule has 1 aliphatic heterocycles. The number of methoxy groups -OCH3 is 1. The second-order valence-corrected chi connectivity index (χ2v) is 10.1. The predicted molar refractivity (Wildman–Crippen MR) is 142 cm³/mol.